The van der Waals surface area contributed by atoms with Crippen LogP contribution in [0.25, 0.3) is 11.3 Å². The molecule has 0 amide bonds. The van der Waals surface area contributed by atoms with Crippen LogP contribution in [0.5, 0.6) is 11.6 Å². The minimum Gasteiger partial charge on any atom is -0.491 e. The van der Waals surface area contributed by atoms with Gasteiger partial charge in [0.2, 0.25) is 0 Å². The van der Waals surface area contributed by atoms with Crippen molar-refractivity contribution in [3.63, 3.8) is 0 Å². The van der Waals surface area contributed by atoms with Crippen molar-refractivity contribution in [1.82, 2.24) is 24.7 Å². The summed E-state index contributed by atoms with van der Waals surface area (Å²) in [5, 5.41) is 15.3. The normalized spacial score (nSPS) is 15.0. The fraction of sp³-hybridized carbons (Fsp3) is 0.217. The molecule has 1 aliphatic rings. The summed E-state index contributed by atoms with van der Waals surface area (Å²) in [6, 6.07) is 9.52. The molecular weight excluding hydrogens is 408 g/mol. The van der Waals surface area contributed by atoms with Crippen LogP contribution in [0.15, 0.2) is 61.3 Å². The Bertz CT molecular complexity index is 1240. The Labute approximate surface area is 184 Å². The quantitative estimate of drug-likeness (QED) is 0.499. The van der Waals surface area contributed by atoms with Crippen molar-refractivity contribution in [2.75, 3.05) is 19.1 Å². The number of hydrogen-bond donors (Lipinski definition) is 1. The molecule has 9 heteroatoms. The van der Waals surface area contributed by atoms with Crippen molar-refractivity contribution in [2.45, 2.75) is 19.3 Å². The van der Waals surface area contributed by atoms with E-state index in [1.54, 1.807) is 32.8 Å². The predicted octanol–water partition coefficient (Wildman–Crippen LogP) is 2.81. The van der Waals surface area contributed by atoms with Crippen LogP contribution in [0, 0.1) is 0 Å². The number of methoxy groups -OCH3 is 2. The average Bonchev–Trinajstić information content (AvgIpc) is 3.43. The minimum atomic E-state index is -0.786. The Balaban J connectivity index is 1.38. The lowest BCUT2D eigenvalue weighted by atomic mass is 10.1. The Morgan fingerprint density at radius 1 is 1.12 bits per heavy atom. The van der Waals surface area contributed by atoms with E-state index in [0.29, 0.717) is 24.7 Å². The molecule has 4 aromatic rings. The highest BCUT2D eigenvalue weighted by atomic mass is 16.5. The summed E-state index contributed by atoms with van der Waals surface area (Å²) in [7, 11) is 3.12. The zero-order valence-electron chi connectivity index (χ0n) is 17.7. The fourth-order valence-electron chi connectivity index (χ4n) is 3.82. The predicted molar refractivity (Wildman–Crippen MR) is 117 cm³/mol. The van der Waals surface area contributed by atoms with Crippen LogP contribution < -0.4 is 14.4 Å². The summed E-state index contributed by atoms with van der Waals surface area (Å²) < 4.78 is 12.4. The summed E-state index contributed by atoms with van der Waals surface area (Å²) in [5.74, 6) is 0.956. The highest BCUT2D eigenvalue weighted by Gasteiger charge is 2.31. The summed E-state index contributed by atoms with van der Waals surface area (Å²) >= 11 is 0. The molecular formula is C23H22N6O3. The molecule has 9 nitrogen and oxygen atoms in total. The standard InChI is InChI=1S/C23H22N6O3/c1-31-21-8-16(10-25-22(21)32-2)19-6-5-18-20(27-19)14-29(23(18)30)17-11-26-28(13-17)12-15-4-3-7-24-9-15/h3-11,13,23,30H,12,14H2,1-2H3. The van der Waals surface area contributed by atoms with Gasteiger partial charge in [0, 0.05) is 35.9 Å². The molecule has 0 fully saturated rings. The Morgan fingerprint density at radius 2 is 2.03 bits per heavy atom. The number of aliphatic hydroxyl groups excluding tert-OH is 1. The number of ether oxygens (including phenoxy) is 2. The number of aromatic nitrogens is 5. The second-order valence-corrected chi connectivity index (χ2v) is 7.43. The lowest BCUT2D eigenvalue weighted by Crippen LogP contribution is -2.20. The van der Waals surface area contributed by atoms with Gasteiger partial charge in [-0.3, -0.25) is 14.6 Å². The molecule has 0 radical (unpaired) electrons. The Kier molecular flexibility index (Phi) is 5.16. The molecule has 0 spiro atoms. The minimum absolute atomic E-state index is 0.419. The number of anilines is 1. The van der Waals surface area contributed by atoms with Crippen molar-refractivity contribution in [1.29, 1.82) is 0 Å². The number of aliphatic hydroxyl groups is 1. The molecule has 1 N–H and O–H groups in total. The number of rotatable bonds is 6. The van der Waals surface area contributed by atoms with Crippen molar-refractivity contribution >= 4 is 5.69 Å². The van der Waals surface area contributed by atoms with Gasteiger partial charge in [0.15, 0.2) is 12.0 Å². The van der Waals surface area contributed by atoms with Crippen molar-refractivity contribution in [3.8, 4) is 22.9 Å². The molecule has 0 aromatic carbocycles. The second-order valence-electron chi connectivity index (χ2n) is 7.43. The van der Waals surface area contributed by atoms with Gasteiger partial charge in [0.25, 0.3) is 5.88 Å². The van der Waals surface area contributed by atoms with Crippen molar-refractivity contribution in [3.05, 3.63) is 78.1 Å². The average molecular weight is 430 g/mol. The Morgan fingerprint density at radius 3 is 2.81 bits per heavy atom. The van der Waals surface area contributed by atoms with E-state index in [4.69, 9.17) is 14.5 Å². The van der Waals surface area contributed by atoms with E-state index in [1.807, 2.05) is 52.3 Å². The van der Waals surface area contributed by atoms with Crippen LogP contribution in [0.3, 0.4) is 0 Å². The van der Waals surface area contributed by atoms with E-state index in [2.05, 4.69) is 15.1 Å². The first-order valence-corrected chi connectivity index (χ1v) is 10.1. The SMILES string of the molecule is COc1cc(-c2ccc3c(n2)CN(c2cnn(Cc4cccnc4)c2)C3O)cnc1OC. The van der Waals surface area contributed by atoms with Crippen LogP contribution in [-0.4, -0.2) is 44.1 Å². The molecule has 0 saturated carbocycles. The first-order valence-electron chi connectivity index (χ1n) is 10.1. The van der Waals surface area contributed by atoms with Gasteiger partial charge in [0.05, 0.1) is 50.6 Å². The summed E-state index contributed by atoms with van der Waals surface area (Å²) in [6.07, 6.45) is 8.14. The van der Waals surface area contributed by atoms with Crippen LogP contribution in [0.4, 0.5) is 5.69 Å². The summed E-state index contributed by atoms with van der Waals surface area (Å²) in [6.45, 7) is 1.09. The maximum atomic E-state index is 10.9. The topological polar surface area (TPSA) is 98.4 Å². The third kappa shape index (κ3) is 3.63. The van der Waals surface area contributed by atoms with E-state index in [1.165, 1.54) is 0 Å². The molecule has 1 atom stereocenters. The fourth-order valence-corrected chi connectivity index (χ4v) is 3.82. The number of nitrogens with zero attached hydrogens (tertiary/aromatic N) is 6. The van der Waals surface area contributed by atoms with E-state index in [0.717, 1.165) is 33.8 Å². The molecule has 5 rings (SSSR count). The zero-order chi connectivity index (χ0) is 22.1. The van der Waals surface area contributed by atoms with Crippen LogP contribution in [0.2, 0.25) is 0 Å². The van der Waals surface area contributed by atoms with Crippen LogP contribution in [-0.2, 0) is 13.1 Å². The van der Waals surface area contributed by atoms with Crippen molar-refractivity contribution in [2.24, 2.45) is 0 Å². The van der Waals surface area contributed by atoms with Gasteiger partial charge >= 0.3 is 0 Å². The maximum Gasteiger partial charge on any atom is 0.256 e. The molecule has 162 valence electrons. The molecule has 4 aromatic heterocycles. The van der Waals surface area contributed by atoms with E-state index in [-0.39, 0.29) is 0 Å². The largest absolute Gasteiger partial charge is 0.491 e. The molecule has 5 heterocycles. The number of pyridine rings is 3. The number of hydrogen-bond acceptors (Lipinski definition) is 8. The molecule has 32 heavy (non-hydrogen) atoms. The Hall–Kier alpha value is -3.98. The van der Waals surface area contributed by atoms with Gasteiger partial charge in [0.1, 0.15) is 0 Å². The molecule has 1 unspecified atom stereocenters. The van der Waals surface area contributed by atoms with E-state index in [9.17, 15) is 5.11 Å². The third-order valence-corrected chi connectivity index (χ3v) is 5.45. The zero-order valence-corrected chi connectivity index (χ0v) is 17.7. The first kappa shape index (κ1) is 20.0. The van der Waals surface area contributed by atoms with Gasteiger partial charge in [-0.2, -0.15) is 5.10 Å². The maximum absolute atomic E-state index is 10.9. The highest BCUT2D eigenvalue weighted by molar-refractivity contribution is 5.63. The number of fused-ring (bicyclic) bond motifs is 1. The van der Waals surface area contributed by atoms with E-state index >= 15 is 0 Å². The van der Waals surface area contributed by atoms with Gasteiger partial charge < -0.3 is 19.5 Å². The van der Waals surface area contributed by atoms with Crippen LogP contribution >= 0.6 is 0 Å². The lowest BCUT2D eigenvalue weighted by molar-refractivity contribution is 0.181. The van der Waals surface area contributed by atoms with Crippen molar-refractivity contribution < 1.29 is 14.6 Å². The van der Waals surface area contributed by atoms with Gasteiger partial charge in [-0.05, 0) is 23.8 Å². The smallest absolute Gasteiger partial charge is 0.256 e. The third-order valence-electron chi connectivity index (χ3n) is 5.45. The molecule has 0 aliphatic carbocycles. The summed E-state index contributed by atoms with van der Waals surface area (Å²) in [5.41, 5.74) is 5.03. The van der Waals surface area contributed by atoms with Gasteiger partial charge in [-0.15, -0.1) is 0 Å². The molecule has 1 aliphatic heterocycles. The molecule has 0 bridgehead atoms. The first-order chi connectivity index (χ1) is 15.7. The van der Waals surface area contributed by atoms with Gasteiger partial charge in [-0.1, -0.05) is 12.1 Å². The monoisotopic (exact) mass is 430 g/mol. The molecule has 0 saturated heterocycles. The summed E-state index contributed by atoms with van der Waals surface area (Å²) in [4.78, 5) is 15.1. The van der Waals surface area contributed by atoms with E-state index < -0.39 is 6.23 Å². The highest BCUT2D eigenvalue weighted by Crippen LogP contribution is 2.37. The van der Waals surface area contributed by atoms with Crippen LogP contribution in [0.1, 0.15) is 23.0 Å². The van der Waals surface area contributed by atoms with Gasteiger partial charge in [-0.25, -0.2) is 4.98 Å². The lowest BCUT2D eigenvalue weighted by Gasteiger charge is -2.20. The second kappa shape index (κ2) is 8.27.